The highest BCUT2D eigenvalue weighted by Gasteiger charge is 2.40. The summed E-state index contributed by atoms with van der Waals surface area (Å²) in [6.07, 6.45) is 9.03. The Morgan fingerprint density at radius 3 is 2.48 bits per heavy atom. The molecule has 0 heterocycles. The van der Waals surface area contributed by atoms with Gasteiger partial charge in [-0.15, -0.1) is 0 Å². The molecule has 2 rings (SSSR count). The first-order chi connectivity index (χ1) is 9.91. The fourth-order valence-electron chi connectivity index (χ4n) is 4.15. The summed E-state index contributed by atoms with van der Waals surface area (Å²) in [5.41, 5.74) is 6.11. The van der Waals surface area contributed by atoms with Crippen LogP contribution in [-0.2, 0) is 4.79 Å². The molecule has 1 amide bonds. The zero-order chi connectivity index (χ0) is 15.5. The van der Waals surface area contributed by atoms with Crippen molar-refractivity contribution < 1.29 is 4.79 Å². The quantitative estimate of drug-likeness (QED) is 0.789. The molecule has 0 bridgehead atoms. The van der Waals surface area contributed by atoms with Crippen LogP contribution in [0.4, 0.5) is 0 Å². The highest BCUT2D eigenvalue weighted by molar-refractivity contribution is 5.77. The summed E-state index contributed by atoms with van der Waals surface area (Å²) in [6, 6.07) is 0. The van der Waals surface area contributed by atoms with Crippen LogP contribution in [0.5, 0.6) is 0 Å². The van der Waals surface area contributed by atoms with Crippen LogP contribution in [0.1, 0.15) is 58.3 Å². The maximum atomic E-state index is 12.3. The van der Waals surface area contributed by atoms with Crippen molar-refractivity contribution in [1.29, 1.82) is 0 Å². The van der Waals surface area contributed by atoms with Gasteiger partial charge in [0.25, 0.3) is 0 Å². The largest absolute Gasteiger partial charge is 0.354 e. The van der Waals surface area contributed by atoms with E-state index < -0.39 is 0 Å². The molecule has 0 saturated heterocycles. The standard InChI is InChI=1S/C17H33N3O/c1-14-6-4-9-17(10-14,20(2)3)13-19-15(21)11-16(12-18)7-5-8-16/h14H,4-13,18H2,1-3H3,(H,19,21). The number of amides is 1. The Morgan fingerprint density at radius 2 is 2.00 bits per heavy atom. The van der Waals surface area contributed by atoms with Gasteiger partial charge in [0, 0.05) is 18.5 Å². The van der Waals surface area contributed by atoms with Gasteiger partial charge in [0.2, 0.25) is 5.91 Å². The van der Waals surface area contributed by atoms with Crippen LogP contribution in [0.15, 0.2) is 0 Å². The van der Waals surface area contributed by atoms with E-state index >= 15 is 0 Å². The summed E-state index contributed by atoms with van der Waals surface area (Å²) in [7, 11) is 4.30. The molecule has 0 aromatic carbocycles. The number of hydrogen-bond acceptors (Lipinski definition) is 3. The number of nitrogens with two attached hydrogens (primary N) is 1. The van der Waals surface area contributed by atoms with Gasteiger partial charge in [-0.1, -0.05) is 26.2 Å². The average molecular weight is 295 g/mol. The second-order valence-electron chi connectivity index (χ2n) is 7.83. The van der Waals surface area contributed by atoms with Crippen LogP contribution >= 0.6 is 0 Å². The number of carbonyl (C=O) groups excluding carboxylic acids is 1. The van der Waals surface area contributed by atoms with Gasteiger partial charge in [-0.25, -0.2) is 0 Å². The minimum absolute atomic E-state index is 0.106. The second-order valence-corrected chi connectivity index (χ2v) is 7.83. The lowest BCUT2D eigenvalue weighted by Crippen LogP contribution is -2.55. The van der Waals surface area contributed by atoms with Crippen molar-refractivity contribution in [3.8, 4) is 0 Å². The number of likely N-dealkylation sites (N-methyl/N-ethyl adjacent to an activating group) is 1. The molecular formula is C17H33N3O. The molecule has 2 aliphatic rings. The summed E-state index contributed by atoms with van der Waals surface area (Å²) >= 11 is 0. The topological polar surface area (TPSA) is 58.4 Å². The fourth-order valence-corrected chi connectivity index (χ4v) is 4.15. The lowest BCUT2D eigenvalue weighted by Gasteiger charge is -2.46. The summed E-state index contributed by atoms with van der Waals surface area (Å²) in [5, 5.41) is 3.22. The third-order valence-corrected chi connectivity index (χ3v) is 6.01. The van der Waals surface area contributed by atoms with Gasteiger partial charge in [-0.05, 0) is 57.7 Å². The molecule has 0 aromatic rings. The van der Waals surface area contributed by atoms with Crippen molar-refractivity contribution in [2.45, 2.75) is 63.8 Å². The molecule has 2 fully saturated rings. The Bertz CT molecular complexity index is 360. The van der Waals surface area contributed by atoms with Gasteiger partial charge in [0.15, 0.2) is 0 Å². The molecule has 0 aromatic heterocycles. The maximum Gasteiger partial charge on any atom is 0.220 e. The molecule has 2 aliphatic carbocycles. The van der Waals surface area contributed by atoms with Crippen LogP contribution in [0.25, 0.3) is 0 Å². The first kappa shape index (κ1) is 16.8. The van der Waals surface area contributed by atoms with E-state index in [1.807, 2.05) is 0 Å². The van der Waals surface area contributed by atoms with Gasteiger partial charge in [0.1, 0.15) is 0 Å². The maximum absolute atomic E-state index is 12.3. The molecule has 0 radical (unpaired) electrons. The Morgan fingerprint density at radius 1 is 1.29 bits per heavy atom. The van der Waals surface area contributed by atoms with Crippen molar-refractivity contribution >= 4 is 5.91 Å². The lowest BCUT2D eigenvalue weighted by molar-refractivity contribution is -0.125. The Balaban J connectivity index is 1.88. The lowest BCUT2D eigenvalue weighted by atomic mass is 9.66. The molecule has 0 spiro atoms. The number of hydrogen-bond donors (Lipinski definition) is 2. The van der Waals surface area contributed by atoms with Gasteiger partial charge >= 0.3 is 0 Å². The third-order valence-electron chi connectivity index (χ3n) is 6.01. The van der Waals surface area contributed by atoms with E-state index in [1.165, 1.54) is 32.1 Å². The van der Waals surface area contributed by atoms with Crippen molar-refractivity contribution in [3.05, 3.63) is 0 Å². The first-order valence-electron chi connectivity index (χ1n) is 8.56. The molecule has 21 heavy (non-hydrogen) atoms. The van der Waals surface area contributed by atoms with Gasteiger partial charge in [-0.3, -0.25) is 4.79 Å². The zero-order valence-corrected chi connectivity index (χ0v) is 14.1. The van der Waals surface area contributed by atoms with E-state index in [1.54, 1.807) is 0 Å². The van der Waals surface area contributed by atoms with E-state index in [0.717, 1.165) is 25.3 Å². The van der Waals surface area contributed by atoms with Crippen LogP contribution in [-0.4, -0.2) is 43.5 Å². The molecule has 2 unspecified atom stereocenters. The second kappa shape index (κ2) is 6.66. The van der Waals surface area contributed by atoms with E-state index in [4.69, 9.17) is 5.73 Å². The zero-order valence-electron chi connectivity index (χ0n) is 14.1. The summed E-state index contributed by atoms with van der Waals surface area (Å²) in [5.74, 6) is 0.944. The minimum atomic E-state index is 0.106. The molecule has 4 heteroatoms. The van der Waals surface area contributed by atoms with Gasteiger partial charge in [0.05, 0.1) is 0 Å². The number of rotatable bonds is 6. The van der Waals surface area contributed by atoms with Gasteiger partial charge in [-0.2, -0.15) is 0 Å². The number of carbonyl (C=O) groups is 1. The molecule has 4 nitrogen and oxygen atoms in total. The average Bonchev–Trinajstić information content (AvgIpc) is 2.40. The Labute approximate surface area is 129 Å². The Hall–Kier alpha value is -0.610. The predicted octanol–water partition coefficient (Wildman–Crippen LogP) is 2.13. The van der Waals surface area contributed by atoms with E-state index in [9.17, 15) is 4.79 Å². The molecule has 2 saturated carbocycles. The van der Waals surface area contributed by atoms with Crippen LogP contribution in [0, 0.1) is 11.3 Å². The molecule has 122 valence electrons. The highest BCUT2D eigenvalue weighted by atomic mass is 16.1. The van der Waals surface area contributed by atoms with E-state index in [2.05, 4.69) is 31.2 Å². The predicted molar refractivity (Wildman–Crippen MR) is 87.0 cm³/mol. The molecule has 2 atom stereocenters. The van der Waals surface area contributed by atoms with Crippen molar-refractivity contribution in [1.82, 2.24) is 10.2 Å². The van der Waals surface area contributed by atoms with Crippen LogP contribution in [0.3, 0.4) is 0 Å². The van der Waals surface area contributed by atoms with Crippen LogP contribution in [0.2, 0.25) is 0 Å². The Kier molecular flexibility index (Phi) is 5.31. The minimum Gasteiger partial charge on any atom is -0.354 e. The molecule has 3 N–H and O–H groups in total. The smallest absolute Gasteiger partial charge is 0.220 e. The molecule has 0 aliphatic heterocycles. The summed E-state index contributed by atoms with van der Waals surface area (Å²) in [6.45, 7) is 3.76. The van der Waals surface area contributed by atoms with E-state index in [-0.39, 0.29) is 16.9 Å². The van der Waals surface area contributed by atoms with Crippen LogP contribution < -0.4 is 11.1 Å². The molecular weight excluding hydrogens is 262 g/mol. The number of nitrogens with zero attached hydrogens (tertiary/aromatic N) is 1. The van der Waals surface area contributed by atoms with Crippen molar-refractivity contribution in [2.24, 2.45) is 17.1 Å². The van der Waals surface area contributed by atoms with E-state index in [0.29, 0.717) is 13.0 Å². The number of nitrogens with one attached hydrogen (secondary N) is 1. The third kappa shape index (κ3) is 3.78. The van der Waals surface area contributed by atoms with Gasteiger partial charge < -0.3 is 16.0 Å². The summed E-state index contributed by atoms with van der Waals surface area (Å²) in [4.78, 5) is 14.6. The fraction of sp³-hybridized carbons (Fsp3) is 0.941. The monoisotopic (exact) mass is 295 g/mol. The van der Waals surface area contributed by atoms with Crippen molar-refractivity contribution in [3.63, 3.8) is 0 Å². The highest BCUT2D eigenvalue weighted by Crippen LogP contribution is 2.43. The van der Waals surface area contributed by atoms with Crippen molar-refractivity contribution in [2.75, 3.05) is 27.2 Å². The first-order valence-corrected chi connectivity index (χ1v) is 8.56. The normalized spacial score (nSPS) is 31.8. The summed E-state index contributed by atoms with van der Waals surface area (Å²) < 4.78 is 0. The SMILES string of the molecule is CC1CCCC(CNC(=O)CC2(CN)CCC2)(N(C)C)C1.